The first-order valence-corrected chi connectivity index (χ1v) is 17.4. The summed E-state index contributed by atoms with van der Waals surface area (Å²) in [5.74, 6) is -1.47. The van der Waals surface area contributed by atoms with Crippen molar-refractivity contribution in [3.05, 3.63) is 69.3 Å². The number of anilines is 1. The summed E-state index contributed by atoms with van der Waals surface area (Å²) in [6.07, 6.45) is 6.34. The Hall–Kier alpha value is -2.69. The molecular weight excluding hydrogens is 610 g/mol. The normalized spacial score (nSPS) is 30.2. The summed E-state index contributed by atoms with van der Waals surface area (Å²) in [5.41, 5.74) is 2.75. The SMILES string of the molecule is CO[C@H]1C2=C[C@@H](C2)[C@H](C)[C@@H](C)S(=O)(=O)NC(=O)c2ccc3c(c2)N(Cc2cc(F)c(Cl)c(F)c2CCCCO3)C[C@@H]2CC[C@H]21. The summed E-state index contributed by atoms with van der Waals surface area (Å²) in [5, 5.41) is -1.31. The number of halogens is 3. The van der Waals surface area contributed by atoms with E-state index < -0.39 is 37.8 Å². The van der Waals surface area contributed by atoms with E-state index in [1.165, 1.54) is 11.6 Å². The molecule has 1 fully saturated rings. The van der Waals surface area contributed by atoms with Crippen LogP contribution in [0, 0.1) is 35.3 Å². The molecular formula is C33H39ClF2N2O5S. The van der Waals surface area contributed by atoms with Gasteiger partial charge < -0.3 is 14.4 Å². The lowest BCUT2D eigenvalue weighted by Gasteiger charge is -2.47. The highest BCUT2D eigenvalue weighted by molar-refractivity contribution is 7.90. The summed E-state index contributed by atoms with van der Waals surface area (Å²) >= 11 is 6.01. The van der Waals surface area contributed by atoms with Gasteiger partial charge in [-0.15, -0.1) is 0 Å². The van der Waals surface area contributed by atoms with E-state index in [0.29, 0.717) is 55.0 Å². The van der Waals surface area contributed by atoms with Crippen LogP contribution < -0.4 is 14.4 Å². The molecule has 11 heteroatoms. The number of carbonyl (C=O) groups excluding carboxylic acids is 1. The number of allylic oxidation sites excluding steroid dienone is 1. The van der Waals surface area contributed by atoms with E-state index in [2.05, 4.69) is 10.8 Å². The van der Waals surface area contributed by atoms with Gasteiger partial charge in [0.2, 0.25) is 10.0 Å². The third-order valence-electron chi connectivity index (χ3n) is 10.3. The topological polar surface area (TPSA) is 84.9 Å². The number of rotatable bonds is 1. The van der Waals surface area contributed by atoms with Crippen LogP contribution in [0.2, 0.25) is 5.02 Å². The van der Waals surface area contributed by atoms with Gasteiger partial charge in [0.15, 0.2) is 0 Å². The van der Waals surface area contributed by atoms with Gasteiger partial charge >= 0.3 is 0 Å². The highest BCUT2D eigenvalue weighted by atomic mass is 35.5. The number of ether oxygens (including phenoxy) is 2. The van der Waals surface area contributed by atoms with Gasteiger partial charge in [-0.3, -0.25) is 4.79 Å². The molecule has 238 valence electrons. The summed E-state index contributed by atoms with van der Waals surface area (Å²) in [6.45, 7) is 4.59. The standard InChI is InChI=1S/C33H39ClF2N2O5S/c1-18-19(2)44(40,41)37-33(39)20-8-10-29-28(15-20)38(16-21-7-9-26(21)32(42-3)23-12-22(18)13-23)17-24-14-27(35)30(34)31(36)25(24)6-4-5-11-43-29/h8,10,12,14-15,18-19,21-22,26,32H,4-7,9,11,13,16-17H2,1-3H3,(H,37,39)/t18-,19-,21+,22+,26-,32+/m1/s1. The van der Waals surface area contributed by atoms with Gasteiger partial charge in [-0.1, -0.05) is 24.6 Å². The zero-order valence-electron chi connectivity index (χ0n) is 25.2. The summed E-state index contributed by atoms with van der Waals surface area (Å²) < 4.78 is 71.5. The zero-order valence-corrected chi connectivity index (χ0v) is 26.8. The molecule has 44 heavy (non-hydrogen) atoms. The lowest BCUT2D eigenvalue weighted by molar-refractivity contribution is -0.000331. The molecule has 7 nitrogen and oxygen atoms in total. The lowest BCUT2D eigenvalue weighted by Crippen LogP contribution is -2.47. The lowest BCUT2D eigenvalue weighted by atomic mass is 9.64. The Balaban J connectivity index is 1.48. The molecule has 0 spiro atoms. The fraction of sp³-hybridized carbons (Fsp3) is 0.545. The molecule has 7 rings (SSSR count). The van der Waals surface area contributed by atoms with E-state index >= 15 is 4.39 Å². The average molecular weight is 649 g/mol. The smallest absolute Gasteiger partial charge is 0.264 e. The van der Waals surface area contributed by atoms with Crippen LogP contribution in [0.4, 0.5) is 14.5 Å². The molecule has 3 heterocycles. The van der Waals surface area contributed by atoms with Gasteiger partial charge in [-0.25, -0.2) is 21.9 Å². The number of benzene rings is 2. The minimum atomic E-state index is -3.99. The van der Waals surface area contributed by atoms with E-state index in [1.807, 2.05) is 11.8 Å². The van der Waals surface area contributed by atoms with Gasteiger partial charge in [0.25, 0.3) is 5.91 Å². The number of hydrogen-bond acceptors (Lipinski definition) is 6. The molecule has 3 aliphatic heterocycles. The molecule has 0 unspecified atom stereocenters. The molecule has 2 aliphatic carbocycles. The second-order valence-electron chi connectivity index (χ2n) is 12.8. The fourth-order valence-electron chi connectivity index (χ4n) is 7.24. The second-order valence-corrected chi connectivity index (χ2v) is 15.2. The number of nitrogens with zero attached hydrogens (tertiary/aromatic N) is 1. The number of sulfonamides is 1. The van der Waals surface area contributed by atoms with Crippen molar-refractivity contribution in [1.82, 2.24) is 4.72 Å². The third-order valence-corrected chi connectivity index (χ3v) is 12.6. The monoisotopic (exact) mass is 648 g/mol. The van der Waals surface area contributed by atoms with Crippen LogP contribution in [0.15, 0.2) is 35.9 Å². The number of nitrogens with one attached hydrogen (secondary N) is 1. The van der Waals surface area contributed by atoms with Crippen LogP contribution in [0.1, 0.15) is 67.4 Å². The highest BCUT2D eigenvalue weighted by Gasteiger charge is 2.44. The van der Waals surface area contributed by atoms with Crippen molar-refractivity contribution in [1.29, 1.82) is 0 Å². The quantitative estimate of drug-likeness (QED) is 0.284. The Labute approximate surface area is 263 Å². The van der Waals surface area contributed by atoms with E-state index in [-0.39, 0.29) is 41.9 Å². The molecule has 6 atom stereocenters. The largest absolute Gasteiger partial charge is 0.491 e. The van der Waals surface area contributed by atoms with Crippen molar-refractivity contribution >= 4 is 33.2 Å². The van der Waals surface area contributed by atoms with Crippen LogP contribution in [-0.2, 0) is 27.7 Å². The molecule has 5 aliphatic rings. The van der Waals surface area contributed by atoms with Crippen molar-refractivity contribution in [2.75, 3.05) is 25.2 Å². The van der Waals surface area contributed by atoms with Gasteiger partial charge in [0.1, 0.15) is 22.4 Å². The van der Waals surface area contributed by atoms with Crippen LogP contribution in [0.3, 0.4) is 0 Å². The third kappa shape index (κ3) is 5.73. The second kappa shape index (κ2) is 12.2. The van der Waals surface area contributed by atoms with Crippen molar-refractivity contribution in [3.63, 3.8) is 0 Å². The molecule has 0 radical (unpaired) electrons. The number of fused-ring (bicyclic) bond motifs is 5. The fourth-order valence-corrected chi connectivity index (χ4v) is 8.74. The number of methoxy groups -OCH3 is 1. The minimum Gasteiger partial charge on any atom is -0.491 e. The van der Waals surface area contributed by atoms with E-state index in [1.54, 1.807) is 32.2 Å². The van der Waals surface area contributed by atoms with Gasteiger partial charge in [0, 0.05) is 25.8 Å². The van der Waals surface area contributed by atoms with Gasteiger partial charge in [0.05, 0.1) is 23.6 Å². The first-order chi connectivity index (χ1) is 21.0. The van der Waals surface area contributed by atoms with E-state index in [0.717, 1.165) is 19.3 Å². The number of hydrogen-bond donors (Lipinski definition) is 1. The Morgan fingerprint density at radius 1 is 1.14 bits per heavy atom. The molecule has 1 amide bonds. The van der Waals surface area contributed by atoms with Crippen LogP contribution in [0.5, 0.6) is 5.75 Å². The molecule has 2 aromatic rings. The van der Waals surface area contributed by atoms with Crippen LogP contribution >= 0.6 is 11.6 Å². The maximum absolute atomic E-state index is 15.4. The van der Waals surface area contributed by atoms with Crippen LogP contribution in [0.25, 0.3) is 0 Å². The molecule has 0 saturated heterocycles. The van der Waals surface area contributed by atoms with Crippen molar-refractivity contribution in [3.8, 4) is 5.75 Å². The first kappa shape index (κ1) is 31.3. The Morgan fingerprint density at radius 2 is 1.91 bits per heavy atom. The first-order valence-electron chi connectivity index (χ1n) is 15.4. The highest BCUT2D eigenvalue weighted by Crippen LogP contribution is 2.47. The van der Waals surface area contributed by atoms with E-state index in [4.69, 9.17) is 21.1 Å². The molecule has 0 aromatic heterocycles. The molecule has 4 bridgehead atoms. The van der Waals surface area contributed by atoms with Gasteiger partial charge in [-0.05, 0) is 110 Å². The van der Waals surface area contributed by atoms with Crippen molar-refractivity contribution in [2.24, 2.45) is 23.7 Å². The predicted molar refractivity (Wildman–Crippen MR) is 166 cm³/mol. The molecule has 1 N–H and O–H groups in total. The summed E-state index contributed by atoms with van der Waals surface area (Å²) in [6, 6.07) is 6.16. The van der Waals surface area contributed by atoms with Crippen molar-refractivity contribution in [2.45, 2.75) is 70.3 Å². The van der Waals surface area contributed by atoms with E-state index in [9.17, 15) is 17.6 Å². The predicted octanol–water partition coefficient (Wildman–Crippen LogP) is 6.43. The number of carbonyl (C=O) groups is 1. The molecule has 1 saturated carbocycles. The molecule has 2 aromatic carbocycles. The Morgan fingerprint density at radius 3 is 2.61 bits per heavy atom. The maximum Gasteiger partial charge on any atom is 0.264 e. The average Bonchev–Trinajstić information content (AvgIpc) is 2.98. The summed E-state index contributed by atoms with van der Waals surface area (Å²) in [7, 11) is -2.27. The minimum absolute atomic E-state index is 0.0675. The number of amides is 1. The summed E-state index contributed by atoms with van der Waals surface area (Å²) in [4.78, 5) is 15.4. The van der Waals surface area contributed by atoms with Gasteiger partial charge in [-0.2, -0.15) is 0 Å². The zero-order chi connectivity index (χ0) is 31.3. The van der Waals surface area contributed by atoms with Crippen molar-refractivity contribution < 1.29 is 31.5 Å². The Kier molecular flexibility index (Phi) is 8.71. The Bertz CT molecular complexity index is 1600. The van der Waals surface area contributed by atoms with Crippen LogP contribution in [-0.4, -0.2) is 45.9 Å². The maximum atomic E-state index is 15.4.